The number of benzene rings is 4. The zero-order valence-electron chi connectivity index (χ0n) is 26.3. The summed E-state index contributed by atoms with van der Waals surface area (Å²) in [6.07, 6.45) is 3.72. The maximum absolute atomic E-state index is 13.3. The first-order chi connectivity index (χ1) is 22.7. The maximum atomic E-state index is 13.3. The van der Waals surface area contributed by atoms with Crippen LogP contribution in [0.1, 0.15) is 36.7 Å². The van der Waals surface area contributed by atoms with E-state index in [2.05, 4.69) is 65.3 Å². The number of methoxy groups -OCH3 is 2. The lowest BCUT2D eigenvalue weighted by Crippen LogP contribution is -2.24. The predicted octanol–water partition coefficient (Wildman–Crippen LogP) is 8.27. The molecule has 0 unspecified atom stereocenters. The number of aromatic nitrogens is 2. The quantitative estimate of drug-likeness (QED) is 0.115. The fraction of sp³-hybridized carbons (Fsp3) is 0.263. The third-order valence-corrected chi connectivity index (χ3v) is 9.18. The normalized spacial score (nSPS) is 12.0. The van der Waals surface area contributed by atoms with Gasteiger partial charge >= 0.3 is 0 Å². The van der Waals surface area contributed by atoms with Crippen LogP contribution in [-0.4, -0.2) is 37.1 Å². The van der Waals surface area contributed by atoms with Gasteiger partial charge in [-0.3, -0.25) is 4.79 Å². The van der Waals surface area contributed by atoms with Gasteiger partial charge in [0.05, 0.1) is 25.3 Å². The summed E-state index contributed by atoms with van der Waals surface area (Å²) in [6, 6.07) is 32.2. The third kappa shape index (κ3) is 7.09. The minimum Gasteiger partial charge on any atom is -0.493 e. The minimum absolute atomic E-state index is 0.0102. The van der Waals surface area contributed by atoms with Crippen LogP contribution in [0.2, 0.25) is 0 Å². The molecule has 4 aromatic carbocycles. The highest BCUT2D eigenvalue weighted by molar-refractivity contribution is 7.10. The Bertz CT molecular complexity index is 1950. The molecule has 0 bridgehead atoms. The Morgan fingerprint density at radius 2 is 1.54 bits per heavy atom. The molecule has 0 aliphatic carbocycles. The van der Waals surface area contributed by atoms with Crippen molar-refractivity contribution in [1.82, 2.24) is 15.1 Å². The molecule has 7 nitrogen and oxygen atoms in total. The smallest absolute Gasteiger partial charge is 0.274 e. The summed E-state index contributed by atoms with van der Waals surface area (Å²) in [5.41, 5.74) is 1.56. The number of aryl methyl sites for hydroxylation is 1. The molecule has 0 aliphatic heterocycles. The first-order valence-electron chi connectivity index (χ1n) is 15.8. The van der Waals surface area contributed by atoms with E-state index in [0.717, 1.165) is 66.6 Å². The molecule has 6 aromatic rings. The molecule has 2 heterocycles. The Balaban J connectivity index is 1.04. The van der Waals surface area contributed by atoms with E-state index in [4.69, 9.17) is 19.3 Å². The molecule has 1 N–H and O–H groups in total. The Kier molecular flexibility index (Phi) is 10.3. The van der Waals surface area contributed by atoms with Crippen molar-refractivity contribution in [3.63, 3.8) is 0 Å². The highest BCUT2D eigenvalue weighted by atomic mass is 32.1. The number of nitrogens with one attached hydrogen (secondary N) is 1. The second-order valence-electron chi connectivity index (χ2n) is 11.2. The van der Waals surface area contributed by atoms with Gasteiger partial charge in [0.2, 0.25) is 0 Å². The van der Waals surface area contributed by atoms with Crippen LogP contribution >= 0.6 is 11.3 Å². The van der Waals surface area contributed by atoms with Crippen LogP contribution in [0.5, 0.6) is 17.2 Å². The van der Waals surface area contributed by atoms with Crippen molar-refractivity contribution >= 4 is 32.9 Å². The highest BCUT2D eigenvalue weighted by Gasteiger charge is 2.17. The number of hydrogen-bond donors (Lipinski definition) is 1. The Morgan fingerprint density at radius 1 is 0.761 bits per heavy atom. The Hall–Kier alpha value is -4.66. The van der Waals surface area contributed by atoms with E-state index >= 15 is 0 Å². The zero-order valence-corrected chi connectivity index (χ0v) is 27.1. The van der Waals surface area contributed by atoms with Gasteiger partial charge < -0.3 is 19.5 Å². The largest absolute Gasteiger partial charge is 0.493 e. The summed E-state index contributed by atoms with van der Waals surface area (Å²) < 4.78 is 19.1. The van der Waals surface area contributed by atoms with Crippen molar-refractivity contribution in [2.75, 3.05) is 27.3 Å². The van der Waals surface area contributed by atoms with E-state index in [0.29, 0.717) is 23.4 Å². The lowest BCUT2D eigenvalue weighted by Gasteiger charge is -2.20. The van der Waals surface area contributed by atoms with Gasteiger partial charge in [-0.1, -0.05) is 67.1 Å². The molecule has 0 aliphatic rings. The molecule has 1 atom stereocenters. The summed E-state index contributed by atoms with van der Waals surface area (Å²) in [4.78, 5) is 14.6. The van der Waals surface area contributed by atoms with Gasteiger partial charge in [0.1, 0.15) is 11.9 Å². The molecule has 0 saturated carbocycles. The van der Waals surface area contributed by atoms with E-state index in [-0.39, 0.29) is 11.7 Å². The lowest BCUT2D eigenvalue weighted by atomic mass is 10.0. The zero-order chi connectivity index (χ0) is 31.7. The summed E-state index contributed by atoms with van der Waals surface area (Å²) in [5, 5.41) is 14.3. The second-order valence-corrected chi connectivity index (χ2v) is 12.2. The van der Waals surface area contributed by atoms with Crippen LogP contribution in [-0.2, 0) is 6.54 Å². The maximum Gasteiger partial charge on any atom is 0.274 e. The molecular weight excluding hydrogens is 595 g/mol. The van der Waals surface area contributed by atoms with Gasteiger partial charge in [-0.2, -0.15) is 5.10 Å². The fourth-order valence-corrected chi connectivity index (χ4v) is 6.60. The fourth-order valence-electron chi connectivity index (χ4n) is 5.82. The van der Waals surface area contributed by atoms with E-state index in [1.54, 1.807) is 30.2 Å². The van der Waals surface area contributed by atoms with Gasteiger partial charge in [-0.05, 0) is 73.1 Å². The first kappa shape index (κ1) is 31.3. The van der Waals surface area contributed by atoms with Crippen LogP contribution in [0, 0.1) is 0 Å². The van der Waals surface area contributed by atoms with Gasteiger partial charge in [0.25, 0.3) is 5.56 Å². The molecule has 0 saturated heterocycles. The van der Waals surface area contributed by atoms with Crippen molar-refractivity contribution < 1.29 is 14.2 Å². The molecule has 236 valence electrons. The SMILES string of the molecule is COc1ccc(-c2nn(CCCCCNCC[C@H](Oc3cccc4ccccc34)c3cccs3)c(=O)c3ccccc23)cc1OC. The average Bonchev–Trinajstić information content (AvgIpc) is 3.65. The van der Waals surface area contributed by atoms with E-state index < -0.39 is 0 Å². The first-order valence-corrected chi connectivity index (χ1v) is 16.6. The summed E-state index contributed by atoms with van der Waals surface area (Å²) in [5.74, 6) is 2.19. The molecule has 46 heavy (non-hydrogen) atoms. The van der Waals surface area contributed by atoms with Gasteiger partial charge in [-0.25, -0.2) is 4.68 Å². The number of hydrogen-bond acceptors (Lipinski definition) is 7. The number of unbranched alkanes of at least 4 members (excludes halogenated alkanes) is 2. The molecule has 0 spiro atoms. The summed E-state index contributed by atoms with van der Waals surface area (Å²) >= 11 is 1.73. The third-order valence-electron chi connectivity index (χ3n) is 8.21. The second kappa shape index (κ2) is 15.1. The molecule has 0 fully saturated rings. The molecule has 2 aromatic heterocycles. The van der Waals surface area contributed by atoms with Gasteiger partial charge in [-0.15, -0.1) is 11.3 Å². The van der Waals surface area contributed by atoms with Crippen molar-refractivity contribution in [2.45, 2.75) is 38.3 Å². The lowest BCUT2D eigenvalue weighted by molar-refractivity contribution is 0.200. The topological polar surface area (TPSA) is 74.6 Å². The van der Waals surface area contributed by atoms with Gasteiger partial charge in [0, 0.05) is 34.2 Å². The highest BCUT2D eigenvalue weighted by Crippen LogP contribution is 2.34. The van der Waals surface area contributed by atoms with E-state index in [1.165, 1.54) is 10.3 Å². The van der Waals surface area contributed by atoms with Crippen molar-refractivity contribution in [1.29, 1.82) is 0 Å². The number of thiophene rings is 1. The van der Waals surface area contributed by atoms with E-state index in [9.17, 15) is 4.79 Å². The van der Waals surface area contributed by atoms with Crippen LogP contribution in [0.15, 0.2) is 107 Å². The molecule has 0 radical (unpaired) electrons. The number of nitrogens with zero attached hydrogens (tertiary/aromatic N) is 2. The predicted molar refractivity (Wildman–Crippen MR) is 188 cm³/mol. The van der Waals surface area contributed by atoms with Crippen molar-refractivity contribution in [2.24, 2.45) is 0 Å². The Labute approximate surface area is 273 Å². The van der Waals surface area contributed by atoms with E-state index in [1.807, 2.05) is 42.5 Å². The van der Waals surface area contributed by atoms with Crippen molar-refractivity contribution in [3.05, 3.63) is 118 Å². The standard InChI is InChI=1S/C38H39N3O4S/c1-43-33-20-19-28(26-35(33)44-2)37-30-15-6-7-16-31(30)38(42)41(40-37)24-9-3-8-22-39-23-21-34(36-18-11-25-46-36)45-32-17-10-13-27-12-4-5-14-29(27)32/h4-7,10-20,25-26,34,39H,3,8-9,21-24H2,1-2H3/t34-/m0/s1. The monoisotopic (exact) mass is 633 g/mol. The number of rotatable bonds is 15. The van der Waals surface area contributed by atoms with Crippen LogP contribution < -0.4 is 25.1 Å². The van der Waals surface area contributed by atoms with Crippen LogP contribution in [0.4, 0.5) is 0 Å². The number of fused-ring (bicyclic) bond motifs is 2. The number of ether oxygens (including phenoxy) is 3. The average molecular weight is 634 g/mol. The molecule has 8 heteroatoms. The Morgan fingerprint density at radius 3 is 2.35 bits per heavy atom. The molecule has 6 rings (SSSR count). The molecular formula is C38H39N3O4S. The summed E-state index contributed by atoms with van der Waals surface area (Å²) in [7, 11) is 3.23. The van der Waals surface area contributed by atoms with Crippen molar-refractivity contribution in [3.8, 4) is 28.5 Å². The van der Waals surface area contributed by atoms with Crippen LogP contribution in [0.25, 0.3) is 32.8 Å². The van der Waals surface area contributed by atoms with Gasteiger partial charge in [0.15, 0.2) is 11.5 Å². The minimum atomic E-state index is -0.0660. The molecule has 0 amide bonds. The summed E-state index contributed by atoms with van der Waals surface area (Å²) in [6.45, 7) is 2.32. The van der Waals surface area contributed by atoms with Crippen LogP contribution in [0.3, 0.4) is 0 Å².